The molecule has 0 radical (unpaired) electrons. The molecule has 2 N–H and O–H groups in total. The van der Waals surface area contributed by atoms with Gasteiger partial charge in [0, 0.05) is 19.3 Å². The number of aliphatic hydroxyl groups is 2. The molecule has 2 unspecified atom stereocenters. The predicted molar refractivity (Wildman–Crippen MR) is 127 cm³/mol. The molecule has 0 aromatic heterocycles. The molecule has 0 saturated heterocycles. The quantitative estimate of drug-likeness (QED) is 0.364. The standard InChI is InChI=1S/C26H40F2O8S/c1-14(4-7-22(32)36-13-26(27,28)37(33,34)35)17-5-6-18-23-19(12-21(31)25(17,18)3)24(2)9-8-16(29)10-15(24)11-20(23)30/h14-15,17-21,23,30-31H,4-13H2,1-3H3,(H,33,34,35)/p-1/t14-,15+,17-,18+,19+,20?,21?,23+,24+,25-/m1/s1. The zero-order valence-electron chi connectivity index (χ0n) is 21.7. The van der Waals surface area contributed by atoms with Crippen molar-refractivity contribution >= 4 is 21.9 Å². The van der Waals surface area contributed by atoms with Gasteiger partial charge in [-0.2, -0.15) is 8.78 Å². The molecule has 10 atom stereocenters. The van der Waals surface area contributed by atoms with Crippen molar-refractivity contribution in [3.05, 3.63) is 0 Å². The molecule has 0 aliphatic heterocycles. The first-order chi connectivity index (χ1) is 17.0. The summed E-state index contributed by atoms with van der Waals surface area (Å²) in [6, 6.07) is 0. The molecule has 4 aliphatic carbocycles. The Bertz CT molecular complexity index is 1020. The van der Waals surface area contributed by atoms with Crippen LogP contribution < -0.4 is 0 Å². The first kappa shape index (κ1) is 28.8. The van der Waals surface area contributed by atoms with Gasteiger partial charge in [0.15, 0.2) is 16.7 Å². The fourth-order valence-electron chi connectivity index (χ4n) is 8.80. The molecule has 11 heteroatoms. The number of carbonyl (C=O) groups is 2. The van der Waals surface area contributed by atoms with Gasteiger partial charge >= 0.3 is 11.2 Å². The van der Waals surface area contributed by atoms with Crippen LogP contribution in [-0.2, 0) is 24.4 Å². The molecule has 4 aliphatic rings. The SMILES string of the molecule is C[C@H](CCC(=O)OCC(F)(F)S(=O)(=O)[O-])[C@H]1CC[C@H]2[C@@H]3C(O)C[C@@H]4CC(=O)CC[C@]4(C)[C@H]3CC(O)[C@]12C. The lowest BCUT2D eigenvalue weighted by Crippen LogP contribution is -2.62. The third-order valence-corrected chi connectivity index (χ3v) is 11.8. The maximum atomic E-state index is 13.3. The highest BCUT2D eigenvalue weighted by Crippen LogP contribution is 2.68. The zero-order valence-corrected chi connectivity index (χ0v) is 22.5. The Hall–Kier alpha value is -1.17. The van der Waals surface area contributed by atoms with Gasteiger partial charge < -0.3 is 19.5 Å². The van der Waals surface area contributed by atoms with Gasteiger partial charge in [-0.15, -0.1) is 0 Å². The average molecular weight is 550 g/mol. The maximum Gasteiger partial charge on any atom is 0.367 e. The van der Waals surface area contributed by atoms with Crippen LogP contribution in [0.4, 0.5) is 8.78 Å². The second-order valence-corrected chi connectivity index (χ2v) is 14.1. The largest absolute Gasteiger partial charge is 0.743 e. The summed E-state index contributed by atoms with van der Waals surface area (Å²) < 4.78 is 62.7. The van der Waals surface area contributed by atoms with Gasteiger partial charge in [-0.1, -0.05) is 20.8 Å². The van der Waals surface area contributed by atoms with Crippen LogP contribution in [0.2, 0.25) is 0 Å². The third-order valence-electron chi connectivity index (χ3n) is 10.9. The van der Waals surface area contributed by atoms with E-state index in [0.29, 0.717) is 32.1 Å². The van der Waals surface area contributed by atoms with Crippen molar-refractivity contribution in [1.29, 1.82) is 0 Å². The van der Waals surface area contributed by atoms with E-state index < -0.39 is 45.6 Å². The summed E-state index contributed by atoms with van der Waals surface area (Å²) in [4.78, 5) is 24.2. The highest BCUT2D eigenvalue weighted by molar-refractivity contribution is 7.86. The number of hydrogen-bond acceptors (Lipinski definition) is 8. The number of ether oxygens (including phenoxy) is 1. The molecule has 0 aromatic carbocycles. The summed E-state index contributed by atoms with van der Waals surface area (Å²) in [5.74, 6) is -0.399. The lowest BCUT2D eigenvalue weighted by atomic mass is 9.43. The average Bonchev–Trinajstić information content (AvgIpc) is 3.16. The van der Waals surface area contributed by atoms with E-state index in [1.54, 1.807) is 0 Å². The van der Waals surface area contributed by atoms with Crippen LogP contribution in [0.15, 0.2) is 0 Å². The Balaban J connectivity index is 1.43. The fourth-order valence-corrected chi connectivity index (χ4v) is 9.00. The topological polar surface area (TPSA) is 141 Å². The third kappa shape index (κ3) is 4.87. The van der Waals surface area contributed by atoms with Crippen molar-refractivity contribution in [3.8, 4) is 0 Å². The number of esters is 1. The highest BCUT2D eigenvalue weighted by Gasteiger charge is 2.65. The van der Waals surface area contributed by atoms with Crippen molar-refractivity contribution in [2.45, 2.75) is 96.0 Å². The smallest absolute Gasteiger partial charge is 0.367 e. The minimum Gasteiger partial charge on any atom is -0.743 e. The number of hydrogen-bond donors (Lipinski definition) is 2. The lowest BCUT2D eigenvalue weighted by molar-refractivity contribution is -0.201. The van der Waals surface area contributed by atoms with Crippen LogP contribution in [0, 0.1) is 46.3 Å². The summed E-state index contributed by atoms with van der Waals surface area (Å²) in [6.07, 6.45) is 3.56. The maximum absolute atomic E-state index is 13.3. The number of alkyl halides is 2. The molecular formula is C26H39F2O8S-. The number of halogens is 2. The molecule has 0 aromatic rings. The Morgan fingerprint density at radius 1 is 1.22 bits per heavy atom. The minimum absolute atomic E-state index is 0.0290. The number of carbonyl (C=O) groups excluding carboxylic acids is 2. The molecule has 4 saturated carbocycles. The Kier molecular flexibility index (Phi) is 7.62. The molecule has 0 bridgehead atoms. The molecule has 4 rings (SSSR count). The molecule has 0 spiro atoms. The summed E-state index contributed by atoms with van der Waals surface area (Å²) in [7, 11) is -5.92. The molecule has 4 fully saturated rings. The number of aliphatic hydroxyl groups excluding tert-OH is 2. The fraction of sp³-hybridized carbons (Fsp3) is 0.923. The van der Waals surface area contributed by atoms with E-state index in [1.165, 1.54) is 0 Å². The van der Waals surface area contributed by atoms with E-state index in [4.69, 9.17) is 0 Å². The summed E-state index contributed by atoms with van der Waals surface area (Å²) in [5, 5.41) is 18.2. The molecular weight excluding hydrogens is 510 g/mol. The van der Waals surface area contributed by atoms with Gasteiger partial charge in [-0.3, -0.25) is 9.59 Å². The van der Waals surface area contributed by atoms with Crippen LogP contribution in [0.5, 0.6) is 0 Å². The van der Waals surface area contributed by atoms with Crippen molar-refractivity contribution in [2.75, 3.05) is 6.61 Å². The van der Waals surface area contributed by atoms with Crippen molar-refractivity contribution in [1.82, 2.24) is 0 Å². The van der Waals surface area contributed by atoms with Gasteiger partial charge in [-0.05, 0) is 84.9 Å². The van der Waals surface area contributed by atoms with Gasteiger partial charge in [0.25, 0.3) is 0 Å². The van der Waals surface area contributed by atoms with E-state index in [-0.39, 0.29) is 53.1 Å². The number of rotatable bonds is 7. The van der Waals surface area contributed by atoms with Crippen LogP contribution in [0.25, 0.3) is 0 Å². The number of ketones is 1. The second-order valence-electron chi connectivity index (χ2n) is 12.6. The summed E-state index contributed by atoms with van der Waals surface area (Å²) in [5.41, 5.74) is -0.573. The van der Waals surface area contributed by atoms with Crippen LogP contribution in [0.3, 0.4) is 0 Å². The van der Waals surface area contributed by atoms with Crippen molar-refractivity contribution < 1.29 is 46.3 Å². The first-order valence-corrected chi connectivity index (χ1v) is 14.8. The summed E-state index contributed by atoms with van der Waals surface area (Å²) in [6.45, 7) is 4.43. The monoisotopic (exact) mass is 549 g/mol. The van der Waals surface area contributed by atoms with E-state index in [9.17, 15) is 41.6 Å². The first-order valence-electron chi connectivity index (χ1n) is 13.4. The molecule has 8 nitrogen and oxygen atoms in total. The lowest BCUT2D eigenvalue weighted by Gasteiger charge is -2.63. The van der Waals surface area contributed by atoms with Gasteiger partial charge in [-0.25, -0.2) is 8.42 Å². The number of fused-ring (bicyclic) bond motifs is 5. The molecule has 0 heterocycles. The van der Waals surface area contributed by atoms with Gasteiger partial charge in [0.05, 0.1) is 12.2 Å². The highest BCUT2D eigenvalue weighted by atomic mass is 32.2. The molecule has 212 valence electrons. The van der Waals surface area contributed by atoms with Crippen molar-refractivity contribution in [3.63, 3.8) is 0 Å². The Morgan fingerprint density at radius 2 is 1.89 bits per heavy atom. The second kappa shape index (κ2) is 9.78. The van der Waals surface area contributed by atoms with Gasteiger partial charge in [0.2, 0.25) is 0 Å². The van der Waals surface area contributed by atoms with E-state index in [2.05, 4.69) is 18.6 Å². The van der Waals surface area contributed by atoms with Crippen LogP contribution in [0.1, 0.15) is 78.6 Å². The van der Waals surface area contributed by atoms with E-state index in [0.717, 1.165) is 19.3 Å². The zero-order chi connectivity index (χ0) is 27.6. The Labute approximate surface area is 217 Å². The molecule has 37 heavy (non-hydrogen) atoms. The van der Waals surface area contributed by atoms with Crippen LogP contribution >= 0.6 is 0 Å². The van der Waals surface area contributed by atoms with E-state index >= 15 is 0 Å². The predicted octanol–water partition coefficient (Wildman–Crippen LogP) is 3.25. The summed E-state index contributed by atoms with van der Waals surface area (Å²) >= 11 is 0. The van der Waals surface area contributed by atoms with Gasteiger partial charge in [0.1, 0.15) is 5.78 Å². The van der Waals surface area contributed by atoms with Crippen molar-refractivity contribution in [2.24, 2.45) is 46.3 Å². The molecule has 0 amide bonds. The van der Waals surface area contributed by atoms with E-state index in [1.807, 2.05) is 6.92 Å². The number of Topliss-reactive ketones (excluding diaryl/α,β-unsaturated/α-hetero) is 1. The minimum atomic E-state index is -5.92. The van der Waals surface area contributed by atoms with Crippen LogP contribution in [-0.4, -0.2) is 59.0 Å². The Morgan fingerprint density at radius 3 is 2.54 bits per heavy atom. The normalized spacial score (nSPS) is 42.9.